The van der Waals surface area contributed by atoms with E-state index < -0.39 is 46.0 Å². The van der Waals surface area contributed by atoms with Crippen molar-refractivity contribution in [3.63, 3.8) is 0 Å². The SMILES string of the molecule is CCOC(=O)c1nc(C(C)(C)C)n(C)c(=O)c1OC(=O)c1ccccc1.CCOC(=O)c1nc(C(C)(C)C)nc(OC)c1OC(=O)c1ccccc1. The van der Waals surface area contributed by atoms with Crippen molar-refractivity contribution in [2.45, 2.75) is 66.2 Å². The van der Waals surface area contributed by atoms with Crippen molar-refractivity contribution in [3.8, 4) is 17.4 Å². The van der Waals surface area contributed by atoms with E-state index in [1.807, 2.05) is 41.5 Å². The van der Waals surface area contributed by atoms with E-state index in [9.17, 15) is 24.0 Å². The van der Waals surface area contributed by atoms with Crippen molar-refractivity contribution in [3.05, 3.63) is 105 Å². The molecular weight excluding hydrogens is 672 g/mol. The van der Waals surface area contributed by atoms with Crippen LogP contribution in [0.15, 0.2) is 65.5 Å². The number of ether oxygens (including phenoxy) is 5. The lowest BCUT2D eigenvalue weighted by atomic mass is 9.95. The summed E-state index contributed by atoms with van der Waals surface area (Å²) in [5, 5.41) is 0. The lowest BCUT2D eigenvalue weighted by molar-refractivity contribution is 0.0498. The maximum Gasteiger partial charge on any atom is 0.361 e. The van der Waals surface area contributed by atoms with Crippen LogP contribution in [0.25, 0.3) is 0 Å². The Labute approximate surface area is 302 Å². The second-order valence-corrected chi connectivity index (χ2v) is 13.2. The molecule has 2 heterocycles. The third-order valence-corrected chi connectivity index (χ3v) is 6.96. The average Bonchev–Trinajstić information content (AvgIpc) is 3.10. The molecule has 2 aromatic heterocycles. The number of carbonyl (C=O) groups is 4. The van der Waals surface area contributed by atoms with Crippen LogP contribution in [0.2, 0.25) is 0 Å². The molecule has 4 rings (SSSR count). The Balaban J connectivity index is 0.000000280. The van der Waals surface area contributed by atoms with Gasteiger partial charge in [0.25, 0.3) is 11.4 Å². The van der Waals surface area contributed by atoms with E-state index in [1.54, 1.807) is 74.5 Å². The van der Waals surface area contributed by atoms with E-state index in [0.717, 1.165) is 0 Å². The normalized spacial score (nSPS) is 11.0. The Bertz CT molecular complexity index is 1960. The molecule has 0 aliphatic rings. The lowest BCUT2D eigenvalue weighted by Gasteiger charge is -2.22. The van der Waals surface area contributed by atoms with Crippen LogP contribution in [-0.2, 0) is 27.4 Å². The number of hydrogen-bond donors (Lipinski definition) is 0. The first kappa shape index (κ1) is 40.5. The molecule has 0 aliphatic heterocycles. The van der Waals surface area contributed by atoms with E-state index in [-0.39, 0.29) is 41.8 Å². The molecule has 52 heavy (non-hydrogen) atoms. The van der Waals surface area contributed by atoms with Gasteiger partial charge in [-0.15, -0.1) is 0 Å². The predicted octanol–water partition coefficient (Wildman–Crippen LogP) is 5.65. The summed E-state index contributed by atoms with van der Waals surface area (Å²) < 4.78 is 27.2. The first-order chi connectivity index (χ1) is 24.4. The molecule has 0 saturated heterocycles. The fraction of sp³-hybridized carbons (Fsp3) is 0.368. The monoisotopic (exact) mass is 716 g/mol. The maximum absolute atomic E-state index is 12.8. The Kier molecular flexibility index (Phi) is 13.5. The van der Waals surface area contributed by atoms with E-state index in [0.29, 0.717) is 17.2 Å². The van der Waals surface area contributed by atoms with Gasteiger partial charge in [0.1, 0.15) is 11.6 Å². The molecule has 0 amide bonds. The van der Waals surface area contributed by atoms with Crippen LogP contribution in [0.3, 0.4) is 0 Å². The number of aromatic nitrogens is 4. The van der Waals surface area contributed by atoms with Gasteiger partial charge in [0.2, 0.25) is 11.5 Å². The van der Waals surface area contributed by atoms with Crippen LogP contribution >= 0.6 is 0 Å². The van der Waals surface area contributed by atoms with Gasteiger partial charge in [-0.3, -0.25) is 9.36 Å². The largest absolute Gasteiger partial charge is 0.478 e. The van der Waals surface area contributed by atoms with Gasteiger partial charge in [-0.05, 0) is 38.1 Å². The molecular formula is C38H44N4O10. The number of rotatable bonds is 9. The highest BCUT2D eigenvalue weighted by atomic mass is 16.6. The van der Waals surface area contributed by atoms with E-state index in [4.69, 9.17) is 23.7 Å². The van der Waals surface area contributed by atoms with Crippen molar-refractivity contribution in [2.24, 2.45) is 7.05 Å². The summed E-state index contributed by atoms with van der Waals surface area (Å²) in [6.45, 7) is 14.8. The molecule has 0 fully saturated rings. The van der Waals surface area contributed by atoms with E-state index in [1.165, 1.54) is 18.7 Å². The zero-order chi connectivity index (χ0) is 38.8. The number of methoxy groups -OCH3 is 1. The number of hydrogen-bond acceptors (Lipinski definition) is 13. The van der Waals surface area contributed by atoms with Gasteiger partial charge in [-0.25, -0.2) is 29.1 Å². The zero-order valence-electron chi connectivity index (χ0n) is 31.1. The Morgan fingerprint density at radius 1 is 0.635 bits per heavy atom. The molecule has 0 bridgehead atoms. The summed E-state index contributed by atoms with van der Waals surface area (Å²) in [5.74, 6) is -2.78. The van der Waals surface area contributed by atoms with Crippen LogP contribution in [0.5, 0.6) is 17.4 Å². The third-order valence-electron chi connectivity index (χ3n) is 6.96. The van der Waals surface area contributed by atoms with Crippen LogP contribution in [-0.4, -0.2) is 63.7 Å². The fourth-order valence-electron chi connectivity index (χ4n) is 4.47. The molecule has 0 aliphatic carbocycles. The standard InChI is InChI=1S/2C19H22N2O5/c1-6-25-17(23)13-14(26-16(22)12-10-8-7-9-11-12)15(24-5)21-18(20-13)19(2,3)4;1-6-25-17(24)13-14(26-16(23)12-10-8-7-9-11-12)15(22)21(5)18(20-13)19(2,3)4/h2*7-11H,6H2,1-5H3. The molecule has 0 saturated carbocycles. The molecule has 2 aromatic carbocycles. The first-order valence-electron chi connectivity index (χ1n) is 16.4. The highest BCUT2D eigenvalue weighted by Gasteiger charge is 2.31. The van der Waals surface area contributed by atoms with Gasteiger partial charge in [0, 0.05) is 17.9 Å². The Hall–Kier alpha value is -5.92. The summed E-state index contributed by atoms with van der Waals surface area (Å²) >= 11 is 0. The second kappa shape index (κ2) is 17.3. The molecule has 276 valence electrons. The third kappa shape index (κ3) is 10.1. The quantitative estimate of drug-likeness (QED) is 0.194. The van der Waals surface area contributed by atoms with Crippen molar-refractivity contribution in [1.29, 1.82) is 0 Å². The van der Waals surface area contributed by atoms with Gasteiger partial charge in [0.15, 0.2) is 11.4 Å². The zero-order valence-corrected chi connectivity index (χ0v) is 31.1. The Morgan fingerprint density at radius 3 is 1.48 bits per heavy atom. The van der Waals surface area contributed by atoms with Gasteiger partial charge in [0.05, 0.1) is 31.5 Å². The minimum absolute atomic E-state index is 0.00254. The number of carbonyl (C=O) groups excluding carboxylic acids is 4. The van der Waals surface area contributed by atoms with E-state index >= 15 is 0 Å². The summed E-state index contributed by atoms with van der Waals surface area (Å²) in [7, 11) is 2.90. The molecule has 0 unspecified atom stereocenters. The minimum Gasteiger partial charge on any atom is -0.478 e. The second-order valence-electron chi connectivity index (χ2n) is 13.2. The van der Waals surface area contributed by atoms with Crippen LogP contribution in [0, 0.1) is 0 Å². The van der Waals surface area contributed by atoms with Crippen molar-refractivity contribution >= 4 is 23.9 Å². The highest BCUT2D eigenvalue weighted by molar-refractivity contribution is 5.96. The van der Waals surface area contributed by atoms with Crippen molar-refractivity contribution in [1.82, 2.24) is 19.5 Å². The highest BCUT2D eigenvalue weighted by Crippen LogP contribution is 2.33. The molecule has 0 N–H and O–H groups in total. The van der Waals surface area contributed by atoms with Gasteiger partial charge < -0.3 is 23.7 Å². The Morgan fingerprint density at radius 2 is 1.08 bits per heavy atom. The topological polar surface area (TPSA) is 175 Å². The summed E-state index contributed by atoms with van der Waals surface area (Å²) in [6, 6.07) is 16.6. The minimum atomic E-state index is -0.813. The van der Waals surface area contributed by atoms with E-state index in [2.05, 4.69) is 15.0 Å². The van der Waals surface area contributed by atoms with Gasteiger partial charge in [-0.2, -0.15) is 4.98 Å². The van der Waals surface area contributed by atoms with Crippen LogP contribution < -0.4 is 19.8 Å². The lowest BCUT2D eigenvalue weighted by Crippen LogP contribution is -2.33. The smallest absolute Gasteiger partial charge is 0.361 e. The van der Waals surface area contributed by atoms with Crippen molar-refractivity contribution < 1.29 is 42.9 Å². The summed E-state index contributed by atoms with van der Waals surface area (Å²) in [6.07, 6.45) is 0. The van der Waals surface area contributed by atoms with Crippen molar-refractivity contribution in [2.75, 3.05) is 20.3 Å². The molecule has 0 atom stereocenters. The predicted molar refractivity (Wildman–Crippen MR) is 190 cm³/mol. The molecule has 14 heteroatoms. The summed E-state index contributed by atoms with van der Waals surface area (Å²) in [5.41, 5.74) is -1.45. The number of nitrogens with zero attached hydrogens (tertiary/aromatic N) is 4. The van der Waals surface area contributed by atoms with Gasteiger partial charge >= 0.3 is 23.9 Å². The average molecular weight is 717 g/mol. The molecule has 0 spiro atoms. The number of benzene rings is 2. The number of esters is 4. The molecule has 14 nitrogen and oxygen atoms in total. The molecule has 0 radical (unpaired) electrons. The summed E-state index contributed by atoms with van der Waals surface area (Å²) in [4.78, 5) is 75.0. The van der Waals surface area contributed by atoms with Crippen LogP contribution in [0.1, 0.15) is 109 Å². The maximum atomic E-state index is 12.8. The van der Waals surface area contributed by atoms with Gasteiger partial charge in [-0.1, -0.05) is 77.9 Å². The fourth-order valence-corrected chi connectivity index (χ4v) is 4.47. The molecule has 4 aromatic rings. The first-order valence-corrected chi connectivity index (χ1v) is 16.4. The van der Waals surface area contributed by atoms with Crippen LogP contribution in [0.4, 0.5) is 0 Å².